The van der Waals surface area contributed by atoms with Crippen molar-refractivity contribution < 1.29 is 15.3 Å². The van der Waals surface area contributed by atoms with E-state index in [2.05, 4.69) is 114 Å². The van der Waals surface area contributed by atoms with Crippen LogP contribution >= 0.6 is 24.8 Å². The first kappa shape index (κ1) is 26.3. The fraction of sp³-hybridized carbons (Fsp3) is 0.241. The standard InChI is InChI=1S/2C11H11.C7H7.2ClH.H2Si.Ti/c2*1-8-6-10-5-3-4-9(2)11(10)7-8;1-7-5-3-2-4-6-7;;;;/h2*3-7H,1-2H3;2-6H,1H2;2*1H;1H2;. The van der Waals surface area contributed by atoms with Gasteiger partial charge in [-0.05, 0) is 0 Å². The average Bonchev–Trinajstić information content (AvgIpc) is 3.27. The molecule has 2 unspecified atom stereocenters. The van der Waals surface area contributed by atoms with Gasteiger partial charge in [-0.25, -0.2) is 0 Å². The Bertz CT molecular complexity index is 1210. The molecule has 2 aliphatic rings. The number of fused-ring (bicyclic) bond motifs is 2. The van der Waals surface area contributed by atoms with Crippen LogP contribution in [0.2, 0.25) is 0 Å². The molecule has 0 aromatic heterocycles. The Hall–Kier alpha value is -1.35. The SMILES string of the molecule is CC1=Cc2c(C)cccc2[CH]1[Ti](=[SiH2])([CH2]c1ccccc1)[CH]1C(C)=Cc2c(C)cccc21.Cl.Cl. The molecule has 3 aromatic carbocycles. The maximum absolute atomic E-state index is 2.60. The molecule has 0 saturated carbocycles. The number of rotatable bonds is 4. The molecule has 0 bridgehead atoms. The van der Waals surface area contributed by atoms with Crippen LogP contribution < -0.4 is 0 Å². The van der Waals surface area contributed by atoms with E-state index >= 15 is 0 Å². The quantitative estimate of drug-likeness (QED) is 0.305. The van der Waals surface area contributed by atoms with Gasteiger partial charge >= 0.3 is 193 Å². The molecule has 0 aliphatic heterocycles. The summed E-state index contributed by atoms with van der Waals surface area (Å²) in [5.74, 6) is 0. The van der Waals surface area contributed by atoms with Crippen LogP contribution in [0.25, 0.3) is 12.2 Å². The van der Waals surface area contributed by atoms with Crippen LogP contribution in [-0.4, -0.2) is 7.63 Å². The minimum atomic E-state index is -2.60. The first-order chi connectivity index (χ1) is 14.9. The Labute approximate surface area is 216 Å². The van der Waals surface area contributed by atoms with Crippen molar-refractivity contribution in [3.8, 4) is 0 Å². The molecule has 33 heavy (non-hydrogen) atoms. The number of halogens is 2. The van der Waals surface area contributed by atoms with Gasteiger partial charge in [0.1, 0.15) is 0 Å². The zero-order chi connectivity index (χ0) is 21.8. The minimum Gasteiger partial charge on any atom is -0.147 e. The summed E-state index contributed by atoms with van der Waals surface area (Å²) in [5.41, 5.74) is 13.7. The third-order valence-electron chi connectivity index (χ3n) is 7.52. The molecule has 171 valence electrons. The van der Waals surface area contributed by atoms with Crippen molar-refractivity contribution in [2.24, 2.45) is 0 Å². The predicted molar refractivity (Wildman–Crippen MR) is 148 cm³/mol. The van der Waals surface area contributed by atoms with Gasteiger partial charge in [-0.15, -0.1) is 24.8 Å². The van der Waals surface area contributed by atoms with Crippen LogP contribution in [0.1, 0.15) is 61.2 Å². The molecule has 0 fully saturated rings. The van der Waals surface area contributed by atoms with Gasteiger partial charge in [0.2, 0.25) is 0 Å². The fourth-order valence-electron chi connectivity index (χ4n) is 6.29. The monoisotopic (exact) mass is 527 g/mol. The van der Waals surface area contributed by atoms with Crippen molar-refractivity contribution in [1.29, 1.82) is 0 Å². The van der Waals surface area contributed by atoms with Gasteiger partial charge in [0, 0.05) is 0 Å². The summed E-state index contributed by atoms with van der Waals surface area (Å²) in [6.45, 7) is 9.34. The van der Waals surface area contributed by atoms with E-state index in [1.54, 1.807) is 22.3 Å². The maximum atomic E-state index is 2.50. The number of benzene rings is 3. The second kappa shape index (κ2) is 10.1. The van der Waals surface area contributed by atoms with Gasteiger partial charge in [-0.3, -0.25) is 0 Å². The summed E-state index contributed by atoms with van der Waals surface area (Å²) in [4.78, 5) is 0. The molecule has 5 rings (SSSR count). The summed E-state index contributed by atoms with van der Waals surface area (Å²) >= 11 is -2.60. The summed E-state index contributed by atoms with van der Waals surface area (Å²) in [6.07, 6.45) is 5.00. The Kier molecular flexibility index (Phi) is 8.04. The largest absolute Gasteiger partial charge is 0.147 e. The van der Waals surface area contributed by atoms with Crippen LogP contribution in [0.3, 0.4) is 0 Å². The second-order valence-corrected chi connectivity index (χ2v) is 21.3. The van der Waals surface area contributed by atoms with E-state index < -0.39 is 15.3 Å². The van der Waals surface area contributed by atoms with E-state index in [4.69, 9.17) is 0 Å². The van der Waals surface area contributed by atoms with E-state index in [0.717, 1.165) is 0 Å². The smallest absolute Gasteiger partial charge is 0.147 e. The number of hydrogen-bond acceptors (Lipinski definition) is 0. The number of aryl methyl sites for hydroxylation is 2. The molecule has 0 radical (unpaired) electrons. The van der Waals surface area contributed by atoms with Gasteiger partial charge in [-0.1, -0.05) is 0 Å². The molecule has 4 heteroatoms. The van der Waals surface area contributed by atoms with Gasteiger partial charge in [-0.2, -0.15) is 0 Å². The minimum absolute atomic E-state index is 0. The first-order valence-electron chi connectivity index (χ1n) is 11.3. The maximum Gasteiger partial charge on any atom is -0.147 e. The Morgan fingerprint density at radius 3 is 1.55 bits per heavy atom. The Morgan fingerprint density at radius 1 is 0.636 bits per heavy atom. The molecule has 0 N–H and O–H groups in total. The molecule has 0 heterocycles. The molecular weight excluding hydrogens is 495 g/mol. The van der Waals surface area contributed by atoms with Crippen molar-refractivity contribution in [3.63, 3.8) is 0 Å². The van der Waals surface area contributed by atoms with Crippen molar-refractivity contribution >= 4 is 44.6 Å². The van der Waals surface area contributed by atoms with E-state index in [1.165, 1.54) is 32.5 Å². The Morgan fingerprint density at radius 2 is 1.09 bits per heavy atom. The van der Waals surface area contributed by atoms with Gasteiger partial charge < -0.3 is 0 Å². The van der Waals surface area contributed by atoms with E-state index in [-0.39, 0.29) is 24.8 Å². The molecule has 0 spiro atoms. The Balaban J connectivity index is 0.00000153. The molecule has 0 amide bonds. The normalized spacial score (nSPS) is 19.9. The zero-order valence-electron chi connectivity index (χ0n) is 19.9. The molecule has 0 saturated heterocycles. The van der Waals surface area contributed by atoms with Gasteiger partial charge in [0.15, 0.2) is 0 Å². The van der Waals surface area contributed by atoms with E-state index in [1.807, 2.05) is 0 Å². The van der Waals surface area contributed by atoms with E-state index in [0.29, 0.717) is 8.45 Å². The summed E-state index contributed by atoms with van der Waals surface area (Å²) in [5, 5.41) is 0. The van der Waals surface area contributed by atoms with Crippen LogP contribution in [0.15, 0.2) is 77.9 Å². The van der Waals surface area contributed by atoms with Crippen LogP contribution in [0.4, 0.5) is 0 Å². The van der Waals surface area contributed by atoms with Crippen molar-refractivity contribution in [3.05, 3.63) is 117 Å². The number of allylic oxidation sites excluding steroid dienone is 2. The third kappa shape index (κ3) is 4.40. The van der Waals surface area contributed by atoms with Crippen molar-refractivity contribution in [1.82, 2.24) is 0 Å². The molecular formula is C29H33Cl2SiTi. The topological polar surface area (TPSA) is 0 Å². The van der Waals surface area contributed by atoms with Gasteiger partial charge in [0.25, 0.3) is 0 Å². The third-order valence-corrected chi connectivity index (χ3v) is 19.6. The fourth-order valence-corrected chi connectivity index (χ4v) is 20.5. The summed E-state index contributed by atoms with van der Waals surface area (Å²) < 4.78 is 2.47. The van der Waals surface area contributed by atoms with Crippen molar-refractivity contribution in [2.45, 2.75) is 40.9 Å². The molecule has 2 aliphatic carbocycles. The predicted octanol–water partition coefficient (Wildman–Crippen LogP) is 7.67. The van der Waals surface area contributed by atoms with Gasteiger partial charge in [0.05, 0.1) is 0 Å². The number of hydrogen-bond donors (Lipinski definition) is 0. The second-order valence-electron chi connectivity index (χ2n) is 9.69. The van der Waals surface area contributed by atoms with Crippen LogP contribution in [0, 0.1) is 13.8 Å². The van der Waals surface area contributed by atoms with Crippen LogP contribution in [-0.2, 0) is 20.1 Å². The van der Waals surface area contributed by atoms with E-state index in [9.17, 15) is 0 Å². The zero-order valence-corrected chi connectivity index (χ0v) is 24.5. The molecule has 3 aromatic rings. The molecule has 0 nitrogen and oxygen atoms in total. The summed E-state index contributed by atoms with van der Waals surface area (Å²) in [7, 11) is 2.44. The van der Waals surface area contributed by atoms with Crippen molar-refractivity contribution in [2.75, 3.05) is 0 Å². The first-order valence-corrected chi connectivity index (χ1v) is 18.3. The van der Waals surface area contributed by atoms with Crippen LogP contribution in [0.5, 0.6) is 0 Å². The molecule has 2 atom stereocenters. The average molecular weight is 528 g/mol. The summed E-state index contributed by atoms with van der Waals surface area (Å²) in [6, 6.07) is 25.2.